The molecule has 1 fully saturated rings. The SMILES string of the molecule is COC(=O)CN1C(=O)S/C(=C/c2cc(Cl)c(OCC(=O)O)c(OC)c2)C1=O. The Morgan fingerprint density at radius 2 is 2.00 bits per heavy atom. The Kier molecular flexibility index (Phi) is 6.70. The molecule has 11 heteroatoms. The van der Waals surface area contributed by atoms with Gasteiger partial charge in [0.1, 0.15) is 6.54 Å². The van der Waals surface area contributed by atoms with Crippen LogP contribution in [0.3, 0.4) is 0 Å². The minimum Gasteiger partial charge on any atom is -0.493 e. The molecule has 1 aromatic rings. The van der Waals surface area contributed by atoms with Crippen LogP contribution in [-0.2, 0) is 19.1 Å². The van der Waals surface area contributed by atoms with E-state index in [2.05, 4.69) is 4.74 Å². The van der Waals surface area contributed by atoms with Crippen LogP contribution in [0.5, 0.6) is 11.5 Å². The van der Waals surface area contributed by atoms with Crippen molar-refractivity contribution in [3.05, 3.63) is 27.6 Å². The second-order valence-corrected chi connectivity index (χ2v) is 6.46. The lowest BCUT2D eigenvalue weighted by molar-refractivity contribution is -0.143. The van der Waals surface area contributed by atoms with E-state index in [-0.39, 0.29) is 21.4 Å². The van der Waals surface area contributed by atoms with Crippen LogP contribution in [0.15, 0.2) is 17.0 Å². The maximum absolute atomic E-state index is 12.3. The van der Waals surface area contributed by atoms with Crippen molar-refractivity contribution >= 4 is 52.5 Å². The highest BCUT2D eigenvalue weighted by Gasteiger charge is 2.36. The van der Waals surface area contributed by atoms with Crippen molar-refractivity contribution in [3.63, 3.8) is 0 Å². The van der Waals surface area contributed by atoms with Crippen LogP contribution < -0.4 is 9.47 Å². The number of carbonyl (C=O) groups excluding carboxylic acids is 3. The first-order chi connectivity index (χ1) is 12.8. The van der Waals surface area contributed by atoms with Gasteiger partial charge < -0.3 is 19.3 Å². The van der Waals surface area contributed by atoms with Gasteiger partial charge in [-0.15, -0.1) is 0 Å². The molecule has 27 heavy (non-hydrogen) atoms. The summed E-state index contributed by atoms with van der Waals surface area (Å²) in [6.45, 7) is -1.09. The molecule has 0 spiro atoms. The number of thioether (sulfide) groups is 1. The van der Waals surface area contributed by atoms with E-state index in [9.17, 15) is 19.2 Å². The lowest BCUT2D eigenvalue weighted by Gasteiger charge is -2.12. The number of hydrogen-bond acceptors (Lipinski definition) is 8. The first kappa shape index (κ1) is 20.6. The number of imide groups is 1. The number of carboxylic acid groups (broad SMARTS) is 1. The third kappa shape index (κ3) is 4.92. The van der Waals surface area contributed by atoms with E-state index in [1.165, 1.54) is 25.3 Å². The Bertz CT molecular complexity index is 838. The Balaban J connectivity index is 2.29. The Hall–Kier alpha value is -2.72. The molecular formula is C16H14ClNO8S. The number of amides is 2. The Morgan fingerprint density at radius 1 is 1.30 bits per heavy atom. The van der Waals surface area contributed by atoms with Crippen LogP contribution in [0.25, 0.3) is 6.08 Å². The number of benzene rings is 1. The minimum absolute atomic E-state index is 0.0394. The Labute approximate surface area is 162 Å². The summed E-state index contributed by atoms with van der Waals surface area (Å²) in [6.07, 6.45) is 1.40. The fraction of sp³-hybridized carbons (Fsp3) is 0.250. The summed E-state index contributed by atoms with van der Waals surface area (Å²) in [7, 11) is 2.49. The number of rotatable bonds is 7. The molecule has 0 aliphatic carbocycles. The van der Waals surface area contributed by atoms with Gasteiger partial charge in [0.2, 0.25) is 0 Å². The van der Waals surface area contributed by atoms with Crippen LogP contribution in [0.1, 0.15) is 5.56 Å². The van der Waals surface area contributed by atoms with Gasteiger partial charge in [0.15, 0.2) is 18.1 Å². The van der Waals surface area contributed by atoms with E-state index in [4.69, 9.17) is 26.2 Å². The first-order valence-electron chi connectivity index (χ1n) is 7.31. The van der Waals surface area contributed by atoms with E-state index in [1.54, 1.807) is 0 Å². The molecule has 1 heterocycles. The lowest BCUT2D eigenvalue weighted by atomic mass is 10.1. The van der Waals surface area contributed by atoms with E-state index >= 15 is 0 Å². The van der Waals surface area contributed by atoms with E-state index in [1.807, 2.05) is 0 Å². The molecule has 0 atom stereocenters. The van der Waals surface area contributed by atoms with Gasteiger partial charge in [-0.1, -0.05) is 11.6 Å². The highest BCUT2D eigenvalue weighted by molar-refractivity contribution is 8.18. The van der Waals surface area contributed by atoms with Gasteiger partial charge in [0.05, 0.1) is 24.1 Å². The number of nitrogens with zero attached hydrogens (tertiary/aromatic N) is 1. The highest BCUT2D eigenvalue weighted by atomic mass is 35.5. The third-order valence-corrected chi connectivity index (χ3v) is 4.47. The van der Waals surface area contributed by atoms with Crippen molar-refractivity contribution in [1.82, 2.24) is 4.90 Å². The van der Waals surface area contributed by atoms with Crippen LogP contribution in [0.4, 0.5) is 4.79 Å². The number of esters is 1. The maximum Gasteiger partial charge on any atom is 0.341 e. The number of carboxylic acids is 1. The number of aliphatic carboxylic acids is 1. The molecule has 0 saturated carbocycles. The van der Waals surface area contributed by atoms with Gasteiger partial charge in [-0.2, -0.15) is 0 Å². The summed E-state index contributed by atoms with van der Waals surface area (Å²) in [6, 6.07) is 2.90. The van der Waals surface area contributed by atoms with Crippen molar-refractivity contribution in [2.45, 2.75) is 0 Å². The van der Waals surface area contributed by atoms with Crippen molar-refractivity contribution in [3.8, 4) is 11.5 Å². The van der Waals surface area contributed by atoms with Gasteiger partial charge in [-0.25, -0.2) is 4.79 Å². The molecule has 0 unspecified atom stereocenters. The summed E-state index contributed by atoms with van der Waals surface area (Å²) in [5, 5.41) is 8.17. The molecule has 0 bridgehead atoms. The first-order valence-corrected chi connectivity index (χ1v) is 8.50. The summed E-state index contributed by atoms with van der Waals surface area (Å²) >= 11 is 6.77. The number of ether oxygens (including phenoxy) is 3. The largest absolute Gasteiger partial charge is 0.493 e. The fourth-order valence-electron chi connectivity index (χ4n) is 2.08. The van der Waals surface area contributed by atoms with Crippen molar-refractivity contribution < 1.29 is 38.5 Å². The highest BCUT2D eigenvalue weighted by Crippen LogP contribution is 2.38. The fourth-order valence-corrected chi connectivity index (χ4v) is 3.19. The number of carbonyl (C=O) groups is 4. The van der Waals surface area contributed by atoms with Gasteiger partial charge in [0.25, 0.3) is 11.1 Å². The number of methoxy groups -OCH3 is 2. The third-order valence-electron chi connectivity index (χ3n) is 3.28. The van der Waals surface area contributed by atoms with Crippen LogP contribution in [0, 0.1) is 0 Å². The predicted octanol–water partition coefficient (Wildman–Crippen LogP) is 2.02. The number of halogens is 1. The summed E-state index contributed by atoms with van der Waals surface area (Å²) in [5.41, 5.74) is 0.420. The zero-order valence-corrected chi connectivity index (χ0v) is 15.8. The normalized spacial score (nSPS) is 15.2. The molecule has 9 nitrogen and oxygen atoms in total. The smallest absolute Gasteiger partial charge is 0.341 e. The summed E-state index contributed by atoms with van der Waals surface area (Å²) in [5.74, 6) is -2.35. The molecule has 144 valence electrons. The minimum atomic E-state index is -1.18. The van der Waals surface area contributed by atoms with Crippen LogP contribution in [-0.4, -0.2) is 60.5 Å². The molecule has 1 N–H and O–H groups in total. The van der Waals surface area contributed by atoms with E-state index in [0.717, 1.165) is 12.0 Å². The summed E-state index contributed by atoms with van der Waals surface area (Å²) < 4.78 is 14.7. The zero-order valence-electron chi connectivity index (χ0n) is 14.2. The van der Waals surface area contributed by atoms with Crippen molar-refractivity contribution in [1.29, 1.82) is 0 Å². The molecule has 1 aromatic carbocycles. The zero-order chi connectivity index (χ0) is 20.1. The molecule has 1 saturated heterocycles. The standard InChI is InChI=1S/C16H14ClNO8S/c1-24-10-4-8(3-9(17)14(10)26-7-12(19)20)5-11-15(22)18(16(23)27-11)6-13(21)25-2/h3-5H,6-7H2,1-2H3,(H,19,20)/b11-5+. The number of hydrogen-bond donors (Lipinski definition) is 1. The van der Waals surface area contributed by atoms with Crippen LogP contribution in [0.2, 0.25) is 5.02 Å². The van der Waals surface area contributed by atoms with Crippen molar-refractivity contribution in [2.24, 2.45) is 0 Å². The average molecular weight is 416 g/mol. The van der Waals surface area contributed by atoms with Crippen LogP contribution >= 0.6 is 23.4 Å². The van der Waals surface area contributed by atoms with Gasteiger partial charge >= 0.3 is 11.9 Å². The molecular weight excluding hydrogens is 402 g/mol. The molecule has 1 aliphatic rings. The molecule has 0 radical (unpaired) electrons. The molecule has 0 aromatic heterocycles. The topological polar surface area (TPSA) is 119 Å². The lowest BCUT2D eigenvalue weighted by Crippen LogP contribution is -2.34. The van der Waals surface area contributed by atoms with Gasteiger partial charge in [-0.3, -0.25) is 19.3 Å². The summed E-state index contributed by atoms with van der Waals surface area (Å²) in [4.78, 5) is 47.0. The molecule has 2 amide bonds. The average Bonchev–Trinajstić information content (AvgIpc) is 2.87. The monoisotopic (exact) mass is 415 g/mol. The Morgan fingerprint density at radius 3 is 2.59 bits per heavy atom. The molecule has 2 rings (SSSR count). The second-order valence-electron chi connectivity index (χ2n) is 5.06. The quantitative estimate of drug-likeness (QED) is 0.526. The molecule has 1 aliphatic heterocycles. The van der Waals surface area contributed by atoms with E-state index < -0.39 is 36.2 Å². The van der Waals surface area contributed by atoms with Gasteiger partial charge in [0, 0.05) is 0 Å². The predicted molar refractivity (Wildman–Crippen MR) is 95.8 cm³/mol. The maximum atomic E-state index is 12.3. The second kappa shape index (κ2) is 8.78. The van der Waals surface area contributed by atoms with E-state index in [0.29, 0.717) is 17.3 Å². The van der Waals surface area contributed by atoms with Gasteiger partial charge in [-0.05, 0) is 35.5 Å². The van der Waals surface area contributed by atoms with Crippen molar-refractivity contribution in [2.75, 3.05) is 27.4 Å².